The van der Waals surface area contributed by atoms with Crippen molar-refractivity contribution in [1.29, 1.82) is 0 Å². The molecule has 0 aliphatic heterocycles. The standard InChI is InChI=1S/C6H6ClNO2S2/c7-3-1-2-4(11-3)12-5(8)6(9)10/h1-2,5H,8H2,(H,9,10). The third-order valence-corrected chi connectivity index (χ3v) is 3.42. The fourth-order valence-corrected chi connectivity index (χ4v) is 2.72. The molecule has 1 aromatic heterocycles. The Morgan fingerprint density at radius 2 is 2.42 bits per heavy atom. The van der Waals surface area contributed by atoms with Crippen molar-refractivity contribution in [2.45, 2.75) is 9.58 Å². The molecule has 1 rings (SSSR count). The maximum Gasteiger partial charge on any atom is 0.331 e. The molecule has 1 unspecified atom stereocenters. The summed E-state index contributed by atoms with van der Waals surface area (Å²) in [4.78, 5) is 10.3. The number of thiophene rings is 1. The highest BCUT2D eigenvalue weighted by Gasteiger charge is 2.13. The molecule has 0 spiro atoms. The molecule has 1 heterocycles. The number of halogens is 1. The topological polar surface area (TPSA) is 63.3 Å². The number of hydrogen-bond donors (Lipinski definition) is 2. The highest BCUT2D eigenvalue weighted by atomic mass is 35.5. The summed E-state index contributed by atoms with van der Waals surface area (Å²) in [6, 6.07) is 3.46. The van der Waals surface area contributed by atoms with E-state index in [-0.39, 0.29) is 0 Å². The van der Waals surface area contributed by atoms with Gasteiger partial charge in [0.1, 0.15) is 0 Å². The van der Waals surface area contributed by atoms with Crippen molar-refractivity contribution in [2.75, 3.05) is 0 Å². The average molecular weight is 224 g/mol. The van der Waals surface area contributed by atoms with Crippen molar-refractivity contribution >= 4 is 40.7 Å². The summed E-state index contributed by atoms with van der Waals surface area (Å²) >= 11 is 8.04. The van der Waals surface area contributed by atoms with Crippen LogP contribution in [0.3, 0.4) is 0 Å². The third kappa shape index (κ3) is 2.67. The summed E-state index contributed by atoms with van der Waals surface area (Å²) in [6.45, 7) is 0. The van der Waals surface area contributed by atoms with Crippen LogP contribution < -0.4 is 5.73 Å². The van der Waals surface area contributed by atoms with Crippen LogP contribution in [0.5, 0.6) is 0 Å². The number of hydrogen-bond acceptors (Lipinski definition) is 4. The largest absolute Gasteiger partial charge is 0.479 e. The Morgan fingerprint density at radius 1 is 1.75 bits per heavy atom. The number of rotatable bonds is 3. The highest BCUT2D eigenvalue weighted by Crippen LogP contribution is 2.31. The van der Waals surface area contributed by atoms with Gasteiger partial charge in [0.2, 0.25) is 0 Å². The molecule has 1 aromatic rings. The lowest BCUT2D eigenvalue weighted by Gasteiger charge is -2.01. The highest BCUT2D eigenvalue weighted by molar-refractivity contribution is 8.02. The van der Waals surface area contributed by atoms with E-state index in [9.17, 15) is 4.79 Å². The molecule has 0 aromatic carbocycles. The Morgan fingerprint density at radius 3 is 2.83 bits per heavy atom. The van der Waals surface area contributed by atoms with Crippen LogP contribution in [-0.2, 0) is 4.79 Å². The minimum Gasteiger partial charge on any atom is -0.479 e. The van der Waals surface area contributed by atoms with E-state index in [1.54, 1.807) is 12.1 Å². The molecule has 1 atom stereocenters. The predicted octanol–water partition coefficient (Wildman–Crippen LogP) is 1.86. The first kappa shape index (κ1) is 9.85. The van der Waals surface area contributed by atoms with Crippen LogP contribution in [0.25, 0.3) is 0 Å². The SMILES string of the molecule is NC(Sc1ccc(Cl)s1)C(=O)O. The van der Waals surface area contributed by atoms with E-state index in [1.807, 2.05) is 0 Å². The molecule has 3 nitrogen and oxygen atoms in total. The molecule has 0 bridgehead atoms. The minimum atomic E-state index is -1.02. The number of nitrogens with two attached hydrogens (primary N) is 1. The molecule has 0 saturated carbocycles. The van der Waals surface area contributed by atoms with Gasteiger partial charge in [-0.25, -0.2) is 4.79 Å². The Bertz CT molecular complexity index is 289. The van der Waals surface area contributed by atoms with Crippen molar-refractivity contribution in [2.24, 2.45) is 5.73 Å². The van der Waals surface area contributed by atoms with Crippen LogP contribution in [0, 0.1) is 0 Å². The van der Waals surface area contributed by atoms with Gasteiger partial charge >= 0.3 is 5.97 Å². The summed E-state index contributed by atoms with van der Waals surface area (Å²) in [7, 11) is 0. The Balaban J connectivity index is 2.58. The van der Waals surface area contributed by atoms with Crippen LogP contribution in [0.15, 0.2) is 16.3 Å². The van der Waals surface area contributed by atoms with E-state index in [0.29, 0.717) is 4.34 Å². The maximum absolute atomic E-state index is 10.3. The van der Waals surface area contributed by atoms with E-state index >= 15 is 0 Å². The van der Waals surface area contributed by atoms with Gasteiger partial charge in [-0.1, -0.05) is 23.4 Å². The molecular formula is C6H6ClNO2S2. The summed E-state index contributed by atoms with van der Waals surface area (Å²) in [6.07, 6.45) is 0. The summed E-state index contributed by atoms with van der Waals surface area (Å²) in [5.74, 6) is -1.02. The lowest BCUT2D eigenvalue weighted by Crippen LogP contribution is -2.25. The first-order chi connectivity index (χ1) is 5.59. The van der Waals surface area contributed by atoms with Crippen molar-refractivity contribution in [3.05, 3.63) is 16.5 Å². The number of carboxylic acids is 1. The second-order valence-corrected chi connectivity index (χ2v) is 5.09. The van der Waals surface area contributed by atoms with Gasteiger partial charge < -0.3 is 10.8 Å². The number of carbonyl (C=O) groups is 1. The van der Waals surface area contributed by atoms with Gasteiger partial charge in [-0.15, -0.1) is 11.3 Å². The van der Waals surface area contributed by atoms with Crippen molar-refractivity contribution < 1.29 is 9.90 Å². The normalized spacial score (nSPS) is 12.8. The van der Waals surface area contributed by atoms with Gasteiger partial charge in [0, 0.05) is 0 Å². The average Bonchev–Trinajstić information content (AvgIpc) is 2.35. The fraction of sp³-hybridized carbons (Fsp3) is 0.167. The zero-order chi connectivity index (χ0) is 9.14. The Kier molecular flexibility index (Phi) is 3.39. The smallest absolute Gasteiger partial charge is 0.331 e. The van der Waals surface area contributed by atoms with Gasteiger partial charge in [0.25, 0.3) is 0 Å². The Labute approximate surface area is 82.5 Å². The number of thioether (sulfide) groups is 1. The first-order valence-electron chi connectivity index (χ1n) is 3.00. The molecule has 0 aliphatic carbocycles. The molecule has 0 amide bonds. The minimum absolute atomic E-state index is 0.634. The summed E-state index contributed by atoms with van der Waals surface area (Å²) in [5, 5.41) is 7.56. The summed E-state index contributed by atoms with van der Waals surface area (Å²) in [5.41, 5.74) is 5.28. The van der Waals surface area contributed by atoms with Crippen molar-refractivity contribution in [1.82, 2.24) is 0 Å². The predicted molar refractivity (Wildman–Crippen MR) is 50.8 cm³/mol. The monoisotopic (exact) mass is 223 g/mol. The number of aliphatic carboxylic acids is 1. The molecule has 12 heavy (non-hydrogen) atoms. The lowest BCUT2D eigenvalue weighted by atomic mass is 10.7. The molecule has 0 fully saturated rings. The van der Waals surface area contributed by atoms with Gasteiger partial charge in [0.05, 0.1) is 8.55 Å². The fourth-order valence-electron chi connectivity index (χ4n) is 0.537. The second kappa shape index (κ2) is 4.13. The van der Waals surface area contributed by atoms with E-state index in [2.05, 4.69) is 0 Å². The molecule has 3 N–H and O–H groups in total. The molecular weight excluding hydrogens is 218 g/mol. The third-order valence-electron chi connectivity index (χ3n) is 1.04. The van der Waals surface area contributed by atoms with E-state index in [0.717, 1.165) is 16.0 Å². The molecule has 0 aliphatic rings. The summed E-state index contributed by atoms with van der Waals surface area (Å²) < 4.78 is 1.45. The zero-order valence-corrected chi connectivity index (χ0v) is 8.25. The zero-order valence-electron chi connectivity index (χ0n) is 5.86. The van der Waals surface area contributed by atoms with Crippen molar-refractivity contribution in [3.8, 4) is 0 Å². The van der Waals surface area contributed by atoms with Crippen LogP contribution in [0.1, 0.15) is 0 Å². The molecule has 0 saturated heterocycles. The Hall–Kier alpha value is -0.230. The van der Waals surface area contributed by atoms with Crippen LogP contribution in [0.4, 0.5) is 0 Å². The van der Waals surface area contributed by atoms with Crippen molar-refractivity contribution in [3.63, 3.8) is 0 Å². The first-order valence-corrected chi connectivity index (χ1v) is 5.07. The van der Waals surface area contributed by atoms with Crippen LogP contribution in [0.2, 0.25) is 4.34 Å². The molecule has 66 valence electrons. The second-order valence-electron chi connectivity index (χ2n) is 1.94. The molecule has 6 heteroatoms. The van der Waals surface area contributed by atoms with E-state index in [1.165, 1.54) is 11.3 Å². The molecule has 0 radical (unpaired) electrons. The van der Waals surface area contributed by atoms with Crippen LogP contribution >= 0.6 is 34.7 Å². The van der Waals surface area contributed by atoms with Gasteiger partial charge in [-0.05, 0) is 12.1 Å². The lowest BCUT2D eigenvalue weighted by molar-refractivity contribution is -0.136. The number of carboxylic acid groups (broad SMARTS) is 1. The van der Waals surface area contributed by atoms with Gasteiger partial charge in [0.15, 0.2) is 5.37 Å². The van der Waals surface area contributed by atoms with Crippen LogP contribution in [-0.4, -0.2) is 16.4 Å². The van der Waals surface area contributed by atoms with E-state index < -0.39 is 11.3 Å². The quantitative estimate of drug-likeness (QED) is 0.607. The van der Waals surface area contributed by atoms with Gasteiger partial charge in [-0.3, -0.25) is 0 Å². The maximum atomic E-state index is 10.3. The van der Waals surface area contributed by atoms with Gasteiger partial charge in [-0.2, -0.15) is 0 Å². The van der Waals surface area contributed by atoms with E-state index in [4.69, 9.17) is 22.4 Å².